The fourth-order valence-electron chi connectivity index (χ4n) is 2.17. The van der Waals surface area contributed by atoms with Crippen LogP contribution in [0.1, 0.15) is 33.2 Å². The maximum absolute atomic E-state index is 12.7. The summed E-state index contributed by atoms with van der Waals surface area (Å²) < 4.78 is 0.900. The average Bonchev–Trinajstić information content (AvgIpc) is 2.53. The van der Waals surface area contributed by atoms with Gasteiger partial charge in [0.15, 0.2) is 5.78 Å². The Labute approximate surface area is 143 Å². The van der Waals surface area contributed by atoms with Crippen LogP contribution in [0, 0.1) is 3.57 Å². The molecule has 22 heavy (non-hydrogen) atoms. The number of carbonyl (C=O) groups excluding carboxylic acids is 2. The van der Waals surface area contributed by atoms with E-state index in [1.54, 1.807) is 42.3 Å². The van der Waals surface area contributed by atoms with Crippen molar-refractivity contribution in [2.75, 3.05) is 11.9 Å². The number of hydrogen-bond donors (Lipinski definition) is 0. The minimum Gasteiger partial charge on any atom is -0.311 e. The highest BCUT2D eigenvalue weighted by atomic mass is 127. The van der Waals surface area contributed by atoms with Crippen LogP contribution in [-0.4, -0.2) is 18.7 Å². The minimum absolute atomic E-state index is 0.0127. The molecule has 2 aromatic carbocycles. The van der Waals surface area contributed by atoms with E-state index in [1.807, 2.05) is 18.2 Å². The van der Waals surface area contributed by atoms with Crippen molar-refractivity contribution in [3.8, 4) is 0 Å². The summed E-state index contributed by atoms with van der Waals surface area (Å²) in [5, 5.41) is 0. The van der Waals surface area contributed by atoms with E-state index in [4.69, 9.17) is 0 Å². The Bertz CT molecular complexity index is 753. The van der Waals surface area contributed by atoms with Crippen LogP contribution >= 0.6 is 22.6 Å². The first kappa shape index (κ1) is 16.4. The van der Waals surface area contributed by atoms with Gasteiger partial charge in [-0.25, -0.2) is 0 Å². The van der Waals surface area contributed by atoms with Crippen molar-refractivity contribution in [2.45, 2.75) is 6.92 Å². The van der Waals surface area contributed by atoms with E-state index in [1.165, 1.54) is 6.92 Å². The molecule has 1 amide bonds. The molecule has 2 rings (SSSR count). The van der Waals surface area contributed by atoms with Gasteiger partial charge < -0.3 is 4.90 Å². The van der Waals surface area contributed by atoms with Crippen molar-refractivity contribution in [1.82, 2.24) is 0 Å². The Hall–Kier alpha value is -1.95. The smallest absolute Gasteiger partial charge is 0.259 e. The fraction of sp³-hybridized carbons (Fsp3) is 0.111. The van der Waals surface area contributed by atoms with Gasteiger partial charge in [0, 0.05) is 16.2 Å². The van der Waals surface area contributed by atoms with Gasteiger partial charge in [-0.2, -0.15) is 0 Å². The average molecular weight is 405 g/mol. The monoisotopic (exact) mass is 405 g/mol. The van der Waals surface area contributed by atoms with Crippen LogP contribution in [0.25, 0.3) is 6.08 Å². The van der Waals surface area contributed by atoms with E-state index in [0.717, 1.165) is 14.8 Å². The van der Waals surface area contributed by atoms with Crippen molar-refractivity contribution >= 4 is 46.0 Å². The molecule has 0 heterocycles. The largest absolute Gasteiger partial charge is 0.311 e. The van der Waals surface area contributed by atoms with E-state index < -0.39 is 0 Å². The van der Waals surface area contributed by atoms with Gasteiger partial charge in [-0.05, 0) is 65.4 Å². The number of carbonyl (C=O) groups is 2. The summed E-state index contributed by atoms with van der Waals surface area (Å²) in [6, 6.07) is 12.7. The quantitative estimate of drug-likeness (QED) is 0.558. The molecule has 3 nitrogen and oxygen atoms in total. The van der Waals surface area contributed by atoms with Crippen LogP contribution in [0.5, 0.6) is 0 Å². The number of Topliss-reactive ketones (excluding diaryl/α,β-unsaturated/α-hetero) is 1. The predicted molar refractivity (Wildman–Crippen MR) is 98.4 cm³/mol. The first-order valence-corrected chi connectivity index (χ1v) is 7.83. The number of halogens is 1. The molecule has 0 saturated carbocycles. The molecule has 0 saturated heterocycles. The lowest BCUT2D eigenvalue weighted by Gasteiger charge is -2.21. The number of benzene rings is 2. The minimum atomic E-state index is -0.0938. The summed E-state index contributed by atoms with van der Waals surface area (Å²) >= 11 is 2.15. The second-order valence-electron chi connectivity index (χ2n) is 4.88. The van der Waals surface area contributed by atoms with Gasteiger partial charge >= 0.3 is 0 Å². The lowest BCUT2D eigenvalue weighted by Crippen LogP contribution is -2.27. The zero-order valence-corrected chi connectivity index (χ0v) is 14.6. The van der Waals surface area contributed by atoms with E-state index in [-0.39, 0.29) is 11.7 Å². The van der Waals surface area contributed by atoms with Gasteiger partial charge in [-0.3, -0.25) is 9.59 Å². The third-order valence-corrected chi connectivity index (χ3v) is 4.36. The molecule has 0 aliphatic rings. The highest BCUT2D eigenvalue weighted by molar-refractivity contribution is 14.1. The number of amides is 1. The summed E-state index contributed by atoms with van der Waals surface area (Å²) in [6.45, 7) is 5.29. The molecule has 0 bridgehead atoms. The molecule has 0 unspecified atom stereocenters. The van der Waals surface area contributed by atoms with Crippen LogP contribution in [0.4, 0.5) is 5.69 Å². The molecule has 2 aromatic rings. The molecule has 0 fully saturated rings. The van der Waals surface area contributed by atoms with Crippen molar-refractivity contribution < 1.29 is 9.59 Å². The lowest BCUT2D eigenvalue weighted by atomic mass is 10.0. The summed E-state index contributed by atoms with van der Waals surface area (Å²) in [7, 11) is 1.72. The highest BCUT2D eigenvalue weighted by Crippen LogP contribution is 2.25. The third-order valence-electron chi connectivity index (χ3n) is 3.42. The topological polar surface area (TPSA) is 37.4 Å². The van der Waals surface area contributed by atoms with Crippen molar-refractivity contribution in [2.24, 2.45) is 0 Å². The van der Waals surface area contributed by atoms with Crippen LogP contribution in [-0.2, 0) is 0 Å². The molecule has 0 spiro atoms. The van der Waals surface area contributed by atoms with E-state index in [9.17, 15) is 9.59 Å². The summed E-state index contributed by atoms with van der Waals surface area (Å²) in [4.78, 5) is 25.7. The van der Waals surface area contributed by atoms with E-state index in [0.29, 0.717) is 11.1 Å². The van der Waals surface area contributed by atoms with Crippen LogP contribution < -0.4 is 4.90 Å². The normalized spacial score (nSPS) is 10.1. The van der Waals surface area contributed by atoms with Crippen LogP contribution in [0.15, 0.2) is 49.0 Å². The molecule has 0 atom stereocenters. The first-order valence-electron chi connectivity index (χ1n) is 6.75. The molecular formula is C18H16INO2. The molecule has 0 aliphatic heterocycles. The van der Waals surface area contributed by atoms with Crippen molar-refractivity contribution in [3.05, 3.63) is 69.3 Å². The van der Waals surface area contributed by atoms with Crippen LogP contribution in [0.3, 0.4) is 0 Å². The molecule has 4 heteroatoms. The van der Waals surface area contributed by atoms with Crippen molar-refractivity contribution in [1.29, 1.82) is 0 Å². The maximum atomic E-state index is 12.7. The Kier molecular flexibility index (Phi) is 5.13. The Balaban J connectivity index is 2.43. The van der Waals surface area contributed by atoms with Gasteiger partial charge in [0.2, 0.25) is 0 Å². The molecule has 0 aliphatic carbocycles. The van der Waals surface area contributed by atoms with Gasteiger partial charge in [0.1, 0.15) is 0 Å². The third kappa shape index (κ3) is 3.27. The van der Waals surface area contributed by atoms with E-state index in [2.05, 4.69) is 29.2 Å². The van der Waals surface area contributed by atoms with E-state index >= 15 is 0 Å². The maximum Gasteiger partial charge on any atom is 0.259 e. The molecule has 0 aromatic heterocycles. The molecular weight excluding hydrogens is 389 g/mol. The lowest BCUT2D eigenvalue weighted by molar-refractivity contribution is 0.0990. The van der Waals surface area contributed by atoms with Gasteiger partial charge in [-0.15, -0.1) is 0 Å². The molecule has 0 radical (unpaired) electrons. The summed E-state index contributed by atoms with van der Waals surface area (Å²) in [5.74, 6) is -0.107. The number of ketones is 1. The second kappa shape index (κ2) is 6.87. The van der Waals surface area contributed by atoms with Crippen LogP contribution in [0.2, 0.25) is 0 Å². The van der Waals surface area contributed by atoms with Gasteiger partial charge in [0.05, 0.1) is 11.3 Å². The SMILES string of the molecule is C=Cc1cc(C(C)=O)ccc1N(C)C(=O)c1ccccc1I. The Morgan fingerprint density at radius 3 is 2.45 bits per heavy atom. The Morgan fingerprint density at radius 1 is 1.18 bits per heavy atom. The zero-order chi connectivity index (χ0) is 16.3. The second-order valence-corrected chi connectivity index (χ2v) is 6.04. The molecule has 0 N–H and O–H groups in total. The number of nitrogens with zero attached hydrogens (tertiary/aromatic N) is 1. The standard InChI is InChI=1S/C18H16INO2/c1-4-13-11-14(12(2)21)9-10-17(13)20(3)18(22)15-7-5-6-8-16(15)19/h4-11H,1H2,2-3H3. The number of hydrogen-bond acceptors (Lipinski definition) is 2. The zero-order valence-electron chi connectivity index (χ0n) is 12.5. The number of rotatable bonds is 4. The summed E-state index contributed by atoms with van der Waals surface area (Å²) in [5.41, 5.74) is 2.74. The highest BCUT2D eigenvalue weighted by Gasteiger charge is 2.18. The molecule has 112 valence electrons. The fourth-order valence-corrected chi connectivity index (χ4v) is 2.79. The van der Waals surface area contributed by atoms with Gasteiger partial charge in [-0.1, -0.05) is 24.8 Å². The summed E-state index contributed by atoms with van der Waals surface area (Å²) in [6.07, 6.45) is 1.65. The predicted octanol–water partition coefficient (Wildman–Crippen LogP) is 4.41. The first-order chi connectivity index (χ1) is 10.5. The Morgan fingerprint density at radius 2 is 1.86 bits per heavy atom. The van der Waals surface area contributed by atoms with Gasteiger partial charge in [0.25, 0.3) is 5.91 Å². The van der Waals surface area contributed by atoms with Crippen molar-refractivity contribution in [3.63, 3.8) is 0 Å². The number of anilines is 1.